The van der Waals surface area contributed by atoms with Crippen LogP contribution in [-0.4, -0.2) is 10.2 Å². The topological polar surface area (TPSA) is 64.5 Å². The predicted octanol–water partition coefficient (Wildman–Crippen LogP) is 0.303. The Balaban J connectivity index is 2.67. The highest BCUT2D eigenvalue weighted by Crippen LogP contribution is 1.97. The number of H-pyrrole nitrogens is 1. The van der Waals surface area contributed by atoms with E-state index in [9.17, 15) is 0 Å². The number of aromatic amines is 1. The first kappa shape index (κ1) is 4.65. The quantitative estimate of drug-likeness (QED) is 0.401. The van der Waals surface area contributed by atoms with Gasteiger partial charge in [0.05, 0.1) is 11.9 Å². The zero-order chi connectivity index (χ0) is 5.82. The molecule has 0 atom stereocenters. The molecule has 0 aliphatic rings. The monoisotopic (exact) mass is 108 g/mol. The van der Waals surface area contributed by atoms with Crippen LogP contribution >= 0.6 is 0 Å². The molecule has 0 saturated heterocycles. The fraction of sp³-hybridized carbons (Fsp3) is 0. The van der Waals surface area contributed by atoms with E-state index in [2.05, 4.69) is 15.5 Å². The second-order valence-electron chi connectivity index (χ2n) is 1.22. The van der Waals surface area contributed by atoms with Gasteiger partial charge in [0.2, 0.25) is 0 Å². The van der Waals surface area contributed by atoms with Crippen LogP contribution in [0.15, 0.2) is 12.4 Å². The Morgan fingerprint density at radius 1 is 1.88 bits per heavy atom. The third-order valence-electron chi connectivity index (χ3n) is 0.698. The molecule has 0 unspecified atom stereocenters. The summed E-state index contributed by atoms with van der Waals surface area (Å²) in [7, 11) is 0. The Labute approximate surface area is 46.1 Å². The number of nitrogens with zero attached hydrogens (tertiary/aromatic N) is 2. The van der Waals surface area contributed by atoms with Gasteiger partial charge in [0, 0.05) is 6.20 Å². The Hall–Kier alpha value is -1.50. The van der Waals surface area contributed by atoms with Gasteiger partial charge in [-0.3, -0.25) is 10.4 Å². The summed E-state index contributed by atoms with van der Waals surface area (Å²) < 4.78 is 0. The van der Waals surface area contributed by atoms with Crippen LogP contribution in [0.5, 0.6) is 0 Å². The summed E-state index contributed by atoms with van der Waals surface area (Å²) in [4.78, 5) is 0. The maximum absolute atomic E-state index is 8.04. The lowest BCUT2D eigenvalue weighted by Crippen LogP contribution is -1.81. The standard InChI is InChI=1S/C4H4N4/c5-3-6-4-1-7-8-2-4/h1-2,6H,(H,7,8). The Morgan fingerprint density at radius 3 is 3.25 bits per heavy atom. The zero-order valence-corrected chi connectivity index (χ0v) is 4.05. The molecule has 1 rings (SSSR count). The van der Waals surface area contributed by atoms with Crippen molar-refractivity contribution < 1.29 is 0 Å². The fourth-order valence-electron chi connectivity index (χ4n) is 0.384. The SMILES string of the molecule is N#CNc1cn[nH]c1. The summed E-state index contributed by atoms with van der Waals surface area (Å²) >= 11 is 0. The number of rotatable bonds is 1. The van der Waals surface area contributed by atoms with Gasteiger partial charge in [-0.1, -0.05) is 0 Å². The molecule has 0 aliphatic heterocycles. The average molecular weight is 108 g/mol. The van der Waals surface area contributed by atoms with Crippen molar-refractivity contribution >= 4 is 5.69 Å². The number of nitriles is 1. The molecule has 4 heteroatoms. The second kappa shape index (κ2) is 1.98. The Kier molecular flexibility index (Phi) is 1.15. The van der Waals surface area contributed by atoms with Crippen LogP contribution in [-0.2, 0) is 0 Å². The van der Waals surface area contributed by atoms with Crippen molar-refractivity contribution in [3.8, 4) is 6.19 Å². The lowest BCUT2D eigenvalue weighted by molar-refractivity contribution is 1.09. The third kappa shape index (κ3) is 0.763. The minimum absolute atomic E-state index is 0.688. The first-order valence-corrected chi connectivity index (χ1v) is 2.07. The molecule has 0 bridgehead atoms. The van der Waals surface area contributed by atoms with E-state index in [1.165, 1.54) is 6.20 Å². The van der Waals surface area contributed by atoms with E-state index in [4.69, 9.17) is 5.26 Å². The maximum atomic E-state index is 8.04. The third-order valence-corrected chi connectivity index (χ3v) is 0.698. The van der Waals surface area contributed by atoms with Crippen LogP contribution in [0.25, 0.3) is 0 Å². The zero-order valence-electron chi connectivity index (χ0n) is 4.05. The lowest BCUT2D eigenvalue weighted by Gasteiger charge is -1.80. The molecule has 0 saturated carbocycles. The van der Waals surface area contributed by atoms with E-state index in [0.29, 0.717) is 5.69 Å². The predicted molar refractivity (Wildman–Crippen MR) is 27.8 cm³/mol. The molecule has 0 amide bonds. The fourth-order valence-corrected chi connectivity index (χ4v) is 0.384. The summed E-state index contributed by atoms with van der Waals surface area (Å²) in [6.45, 7) is 0. The molecule has 0 aromatic carbocycles. The lowest BCUT2D eigenvalue weighted by atomic mass is 10.6. The average Bonchev–Trinajstić information content (AvgIpc) is 2.19. The van der Waals surface area contributed by atoms with Crippen LogP contribution in [0.1, 0.15) is 0 Å². The maximum Gasteiger partial charge on any atom is 0.181 e. The van der Waals surface area contributed by atoms with Gasteiger partial charge in [-0.25, -0.2) is 0 Å². The van der Waals surface area contributed by atoms with E-state index in [0.717, 1.165) is 0 Å². The molecule has 0 fully saturated rings. The van der Waals surface area contributed by atoms with E-state index < -0.39 is 0 Å². The minimum Gasteiger partial charge on any atom is -0.290 e. The molecule has 4 nitrogen and oxygen atoms in total. The number of anilines is 1. The Bertz CT molecular complexity index is 182. The van der Waals surface area contributed by atoms with Gasteiger partial charge < -0.3 is 0 Å². The van der Waals surface area contributed by atoms with Gasteiger partial charge in [-0.2, -0.15) is 10.4 Å². The number of aromatic nitrogens is 2. The van der Waals surface area contributed by atoms with Crippen LogP contribution in [0.4, 0.5) is 5.69 Å². The van der Waals surface area contributed by atoms with Crippen LogP contribution < -0.4 is 5.32 Å². The van der Waals surface area contributed by atoms with Crippen molar-refractivity contribution in [1.29, 1.82) is 5.26 Å². The van der Waals surface area contributed by atoms with Gasteiger partial charge in [-0.15, -0.1) is 0 Å². The van der Waals surface area contributed by atoms with E-state index in [1.54, 1.807) is 12.4 Å². The van der Waals surface area contributed by atoms with E-state index in [-0.39, 0.29) is 0 Å². The first-order valence-electron chi connectivity index (χ1n) is 2.07. The van der Waals surface area contributed by atoms with Gasteiger partial charge in [-0.05, 0) is 0 Å². The smallest absolute Gasteiger partial charge is 0.181 e. The summed E-state index contributed by atoms with van der Waals surface area (Å²) in [5.41, 5.74) is 0.688. The molecule has 0 radical (unpaired) electrons. The summed E-state index contributed by atoms with van der Waals surface area (Å²) in [5, 5.41) is 16.6. The van der Waals surface area contributed by atoms with Gasteiger partial charge >= 0.3 is 0 Å². The van der Waals surface area contributed by atoms with Crippen LogP contribution in [0.3, 0.4) is 0 Å². The second-order valence-corrected chi connectivity index (χ2v) is 1.22. The molecule has 8 heavy (non-hydrogen) atoms. The number of hydrogen-bond acceptors (Lipinski definition) is 3. The summed E-state index contributed by atoms with van der Waals surface area (Å²) in [6, 6.07) is 0. The first-order chi connectivity index (χ1) is 3.93. The highest BCUT2D eigenvalue weighted by Gasteiger charge is 1.84. The van der Waals surface area contributed by atoms with Crippen LogP contribution in [0.2, 0.25) is 0 Å². The Morgan fingerprint density at radius 2 is 2.75 bits per heavy atom. The van der Waals surface area contributed by atoms with E-state index >= 15 is 0 Å². The molecule has 40 valence electrons. The van der Waals surface area contributed by atoms with Gasteiger partial charge in [0.1, 0.15) is 0 Å². The molecular weight excluding hydrogens is 104 g/mol. The van der Waals surface area contributed by atoms with Gasteiger partial charge in [0.25, 0.3) is 0 Å². The molecule has 0 spiro atoms. The molecule has 1 aromatic rings. The van der Waals surface area contributed by atoms with E-state index in [1.807, 2.05) is 0 Å². The molecule has 0 aliphatic carbocycles. The van der Waals surface area contributed by atoms with Crippen molar-refractivity contribution in [2.24, 2.45) is 0 Å². The normalized spacial score (nSPS) is 7.88. The molecular formula is C4H4N4. The summed E-state index contributed by atoms with van der Waals surface area (Å²) in [6.07, 6.45) is 4.89. The highest BCUT2D eigenvalue weighted by molar-refractivity contribution is 5.41. The minimum atomic E-state index is 0.688. The van der Waals surface area contributed by atoms with Crippen molar-refractivity contribution in [1.82, 2.24) is 10.2 Å². The molecule has 1 heterocycles. The molecule has 1 aromatic heterocycles. The summed E-state index contributed by atoms with van der Waals surface area (Å²) in [5.74, 6) is 0. The van der Waals surface area contributed by atoms with Crippen molar-refractivity contribution in [2.45, 2.75) is 0 Å². The number of hydrogen-bond donors (Lipinski definition) is 2. The van der Waals surface area contributed by atoms with Crippen molar-refractivity contribution in [2.75, 3.05) is 5.32 Å². The largest absolute Gasteiger partial charge is 0.290 e. The van der Waals surface area contributed by atoms with Crippen molar-refractivity contribution in [3.05, 3.63) is 12.4 Å². The molecule has 2 N–H and O–H groups in total. The van der Waals surface area contributed by atoms with Crippen LogP contribution in [0, 0.1) is 11.5 Å². The van der Waals surface area contributed by atoms with Gasteiger partial charge in [0.15, 0.2) is 6.19 Å². The number of nitrogens with one attached hydrogen (secondary N) is 2. The van der Waals surface area contributed by atoms with Crippen molar-refractivity contribution in [3.63, 3.8) is 0 Å². The highest BCUT2D eigenvalue weighted by atomic mass is 15.1.